The first-order valence-electron chi connectivity index (χ1n) is 24.8. The maximum Gasteiger partial charge on any atom is 0.0436 e. The summed E-state index contributed by atoms with van der Waals surface area (Å²) in [6.45, 7) is -0.602. The van der Waals surface area contributed by atoms with Gasteiger partial charge in [-0.05, 0) is 80.0 Å². The first-order valence-corrected chi connectivity index (χ1v) is 24.8. The summed E-state index contributed by atoms with van der Waals surface area (Å²) in [6, 6.07) is 0. The van der Waals surface area contributed by atoms with Gasteiger partial charge in [-0.2, -0.15) is 0 Å². The molecule has 1 saturated carbocycles. The molecular weight excluding hydrogens is 701 g/mol. The summed E-state index contributed by atoms with van der Waals surface area (Å²) in [5.41, 5.74) is -2.09. The maximum absolute atomic E-state index is 10.9. The number of aliphatic hydroxyl groups is 7. The van der Waals surface area contributed by atoms with Crippen LogP contribution in [-0.2, 0) is 0 Å². The molecular formula is C49H98O7. The van der Waals surface area contributed by atoms with Crippen molar-refractivity contribution in [2.24, 2.45) is 22.2 Å². The van der Waals surface area contributed by atoms with E-state index in [1.807, 2.05) is 0 Å². The maximum atomic E-state index is 10.9. The summed E-state index contributed by atoms with van der Waals surface area (Å²) in [5.74, 6) is -0.0473. The minimum absolute atomic E-state index is 0.00932. The second kappa shape index (κ2) is 36.6. The van der Waals surface area contributed by atoms with Crippen LogP contribution in [0.3, 0.4) is 0 Å². The summed E-state index contributed by atoms with van der Waals surface area (Å²) >= 11 is 0. The zero-order valence-corrected chi connectivity index (χ0v) is 37.0. The first kappa shape index (κ1) is 53.7. The highest BCUT2D eigenvalue weighted by atomic mass is 16.3. The Hall–Kier alpha value is -0.280. The van der Waals surface area contributed by atoms with Crippen LogP contribution in [0.25, 0.3) is 0 Å². The van der Waals surface area contributed by atoms with Crippen molar-refractivity contribution < 1.29 is 35.7 Å². The topological polar surface area (TPSA) is 142 Å². The fraction of sp³-hybridized carbons (Fsp3) is 1.00. The molecule has 1 aliphatic rings. The Morgan fingerprint density at radius 2 is 0.554 bits per heavy atom. The van der Waals surface area contributed by atoms with Gasteiger partial charge in [0.05, 0.1) is 0 Å². The molecule has 1 rings (SSSR count). The van der Waals surface area contributed by atoms with Crippen LogP contribution in [0.2, 0.25) is 0 Å². The fourth-order valence-electron chi connectivity index (χ4n) is 11.9. The third kappa shape index (κ3) is 20.3. The molecule has 7 heteroatoms. The van der Waals surface area contributed by atoms with Gasteiger partial charge in [0.1, 0.15) is 0 Å². The highest BCUT2D eigenvalue weighted by Crippen LogP contribution is 2.67. The standard InChI is InChI=1S/C49H98O7/c50-39-31-46-30-28-26-24-22-20-18-16-14-12-10-8-6-4-2-1-3-5-7-9-11-13-15-17-19-21-23-25-27-29-32-47(33-40-51,34-41-52)49(37-44-55,38-45-56)48(46,35-42-53)36-43-54/h46,50-56H,1-45H2. The van der Waals surface area contributed by atoms with Gasteiger partial charge < -0.3 is 35.7 Å². The number of hydrogen-bond donors (Lipinski definition) is 7. The van der Waals surface area contributed by atoms with Crippen LogP contribution in [0, 0.1) is 22.2 Å². The lowest BCUT2D eigenvalue weighted by Gasteiger charge is -2.64. The van der Waals surface area contributed by atoms with E-state index in [-0.39, 0.29) is 52.2 Å². The summed E-state index contributed by atoms with van der Waals surface area (Å²) in [4.78, 5) is 0. The molecule has 1 unspecified atom stereocenters. The van der Waals surface area contributed by atoms with Gasteiger partial charge in [0.2, 0.25) is 0 Å². The molecule has 0 heterocycles. The molecule has 7 N–H and O–H groups in total. The lowest BCUT2D eigenvalue weighted by molar-refractivity contribution is -0.183. The largest absolute Gasteiger partial charge is 0.396 e. The van der Waals surface area contributed by atoms with Crippen molar-refractivity contribution in [2.45, 2.75) is 244 Å². The van der Waals surface area contributed by atoms with Gasteiger partial charge >= 0.3 is 0 Å². The highest BCUT2D eigenvalue weighted by molar-refractivity contribution is 5.10. The molecule has 1 atom stereocenters. The van der Waals surface area contributed by atoms with E-state index in [2.05, 4.69) is 0 Å². The summed E-state index contributed by atoms with van der Waals surface area (Å²) in [6.07, 6.45) is 42.1. The van der Waals surface area contributed by atoms with E-state index in [4.69, 9.17) is 0 Å². The molecule has 0 bridgehead atoms. The van der Waals surface area contributed by atoms with E-state index in [9.17, 15) is 35.7 Å². The van der Waals surface area contributed by atoms with E-state index in [1.165, 1.54) is 154 Å². The summed E-state index contributed by atoms with van der Waals surface area (Å²) in [5, 5.41) is 75.2. The molecule has 0 amide bonds. The van der Waals surface area contributed by atoms with Crippen molar-refractivity contribution in [1.82, 2.24) is 0 Å². The van der Waals surface area contributed by atoms with Crippen LogP contribution in [0.4, 0.5) is 0 Å². The van der Waals surface area contributed by atoms with Crippen molar-refractivity contribution >= 4 is 0 Å². The minimum Gasteiger partial charge on any atom is -0.396 e. The van der Waals surface area contributed by atoms with E-state index in [0.29, 0.717) is 44.9 Å². The third-order valence-corrected chi connectivity index (χ3v) is 14.8. The molecule has 0 radical (unpaired) electrons. The van der Waals surface area contributed by atoms with E-state index in [1.54, 1.807) is 0 Å². The average molecular weight is 799 g/mol. The van der Waals surface area contributed by atoms with Crippen molar-refractivity contribution in [3.63, 3.8) is 0 Å². The molecule has 0 aromatic carbocycles. The lowest BCUT2D eigenvalue weighted by Crippen LogP contribution is -2.59. The van der Waals surface area contributed by atoms with Gasteiger partial charge in [0.15, 0.2) is 0 Å². The molecule has 336 valence electrons. The Kier molecular flexibility index (Phi) is 35.1. The molecule has 0 aliphatic heterocycles. The monoisotopic (exact) mass is 799 g/mol. The molecule has 56 heavy (non-hydrogen) atoms. The van der Waals surface area contributed by atoms with E-state index in [0.717, 1.165) is 44.9 Å². The van der Waals surface area contributed by atoms with Crippen LogP contribution in [0.15, 0.2) is 0 Å². The number of aliphatic hydroxyl groups excluding tert-OH is 7. The quantitative estimate of drug-likeness (QED) is 0.0927. The first-order chi connectivity index (χ1) is 27.5. The minimum atomic E-state index is -0.767. The van der Waals surface area contributed by atoms with Crippen LogP contribution >= 0.6 is 0 Å². The van der Waals surface area contributed by atoms with Crippen molar-refractivity contribution in [3.05, 3.63) is 0 Å². The van der Waals surface area contributed by atoms with Crippen molar-refractivity contribution in [2.75, 3.05) is 46.2 Å². The third-order valence-electron chi connectivity index (χ3n) is 14.8. The Morgan fingerprint density at radius 1 is 0.286 bits per heavy atom. The van der Waals surface area contributed by atoms with Gasteiger partial charge in [0, 0.05) is 46.2 Å². The SMILES string of the molecule is OCCC1CCCCCCCCCCCCCCCCCCCCCCCCCCCCCCCC(CCO)(CCO)C(CCO)(CCO)C1(CCO)CCO. The molecule has 0 aromatic rings. The van der Waals surface area contributed by atoms with Crippen LogP contribution in [0.1, 0.15) is 244 Å². The van der Waals surface area contributed by atoms with Gasteiger partial charge in [-0.15, -0.1) is 0 Å². The molecule has 0 aromatic heterocycles. The molecule has 7 nitrogen and oxygen atoms in total. The highest BCUT2D eigenvalue weighted by Gasteiger charge is 2.62. The Morgan fingerprint density at radius 3 is 0.821 bits per heavy atom. The van der Waals surface area contributed by atoms with Gasteiger partial charge in [-0.1, -0.05) is 186 Å². The normalized spacial score (nSPS) is 23.7. The zero-order valence-electron chi connectivity index (χ0n) is 37.0. The molecule has 1 fully saturated rings. The second-order valence-electron chi connectivity index (χ2n) is 18.4. The van der Waals surface area contributed by atoms with E-state index >= 15 is 0 Å². The van der Waals surface area contributed by atoms with Crippen LogP contribution < -0.4 is 0 Å². The Labute approximate surface area is 347 Å². The Bertz CT molecular complexity index is 804. The number of hydrogen-bond acceptors (Lipinski definition) is 7. The fourth-order valence-corrected chi connectivity index (χ4v) is 11.9. The predicted molar refractivity (Wildman–Crippen MR) is 236 cm³/mol. The average Bonchev–Trinajstić information content (AvgIpc) is 3.19. The van der Waals surface area contributed by atoms with Crippen molar-refractivity contribution in [1.29, 1.82) is 0 Å². The van der Waals surface area contributed by atoms with Gasteiger partial charge in [0.25, 0.3) is 0 Å². The zero-order chi connectivity index (χ0) is 40.9. The smallest absolute Gasteiger partial charge is 0.0436 e. The molecule has 1 aliphatic carbocycles. The Balaban J connectivity index is 3.24. The predicted octanol–water partition coefficient (Wildman–Crippen LogP) is 11.3. The second-order valence-corrected chi connectivity index (χ2v) is 18.4. The van der Waals surface area contributed by atoms with Crippen LogP contribution in [-0.4, -0.2) is 82.0 Å². The summed E-state index contributed by atoms with van der Waals surface area (Å²) < 4.78 is 0. The van der Waals surface area contributed by atoms with Crippen molar-refractivity contribution in [3.8, 4) is 0 Å². The van der Waals surface area contributed by atoms with E-state index < -0.39 is 16.2 Å². The van der Waals surface area contributed by atoms with Gasteiger partial charge in [-0.25, -0.2) is 0 Å². The lowest BCUT2D eigenvalue weighted by atomic mass is 9.40. The van der Waals surface area contributed by atoms with Crippen LogP contribution in [0.5, 0.6) is 0 Å². The molecule has 0 spiro atoms. The number of rotatable bonds is 14. The van der Waals surface area contributed by atoms with Gasteiger partial charge in [-0.3, -0.25) is 0 Å². The molecule has 0 saturated heterocycles. The summed E-state index contributed by atoms with van der Waals surface area (Å²) in [7, 11) is 0.